The van der Waals surface area contributed by atoms with Crippen molar-refractivity contribution in [2.75, 3.05) is 19.6 Å². The van der Waals surface area contributed by atoms with Gasteiger partial charge in [-0.3, -0.25) is 14.7 Å². The summed E-state index contributed by atoms with van der Waals surface area (Å²) in [5.41, 5.74) is 1.29. The van der Waals surface area contributed by atoms with Gasteiger partial charge >= 0.3 is 24.3 Å². The maximum atomic E-state index is 12.2. The van der Waals surface area contributed by atoms with Crippen molar-refractivity contribution in [2.24, 2.45) is 11.8 Å². The summed E-state index contributed by atoms with van der Waals surface area (Å²) in [6.07, 6.45) is -1.95. The smallest absolute Gasteiger partial charge is 0.475 e. The molecule has 0 spiro atoms. The third-order valence-corrected chi connectivity index (χ3v) is 5.83. The number of carboxylic acid groups (broad SMARTS) is 2. The van der Waals surface area contributed by atoms with E-state index in [1.807, 2.05) is 12.4 Å². The quantitative estimate of drug-likeness (QED) is 0.484. The number of aromatic nitrogens is 1. The van der Waals surface area contributed by atoms with Gasteiger partial charge < -0.3 is 20.3 Å². The Hall–Kier alpha value is -2.94. The molecule has 1 saturated carbocycles. The van der Waals surface area contributed by atoms with Crippen LogP contribution in [0.3, 0.4) is 0 Å². The van der Waals surface area contributed by atoms with Crippen molar-refractivity contribution in [3.63, 3.8) is 0 Å². The number of piperidine rings is 1. The molecule has 1 aromatic rings. The molecule has 0 aromatic carbocycles. The van der Waals surface area contributed by atoms with Gasteiger partial charge in [-0.05, 0) is 61.8 Å². The second-order valence-corrected chi connectivity index (χ2v) is 8.83. The lowest BCUT2D eigenvalue weighted by Gasteiger charge is -2.34. The van der Waals surface area contributed by atoms with Gasteiger partial charge in [-0.15, -0.1) is 0 Å². The summed E-state index contributed by atoms with van der Waals surface area (Å²) in [4.78, 5) is 36.5. The van der Waals surface area contributed by atoms with Crippen LogP contribution in [0.4, 0.5) is 26.3 Å². The Bertz CT molecular complexity index is 886. The first kappa shape index (κ1) is 30.3. The van der Waals surface area contributed by atoms with E-state index in [2.05, 4.69) is 27.3 Å². The van der Waals surface area contributed by atoms with Crippen molar-refractivity contribution in [3.8, 4) is 0 Å². The van der Waals surface area contributed by atoms with Crippen LogP contribution in [-0.2, 0) is 25.7 Å². The Morgan fingerprint density at radius 1 is 1.00 bits per heavy atom. The van der Waals surface area contributed by atoms with Crippen molar-refractivity contribution in [1.82, 2.24) is 15.2 Å². The summed E-state index contributed by atoms with van der Waals surface area (Å²) in [5, 5.41) is 17.3. The van der Waals surface area contributed by atoms with Gasteiger partial charge in [0.15, 0.2) is 0 Å². The Balaban J connectivity index is 0.000000286. The van der Waals surface area contributed by atoms with Crippen LogP contribution >= 0.6 is 0 Å². The number of fused-ring (bicyclic) bond motifs is 1. The van der Waals surface area contributed by atoms with Gasteiger partial charge in [0.1, 0.15) is 6.10 Å². The highest BCUT2D eigenvalue weighted by Crippen LogP contribution is 2.34. The molecular formula is C22H27F6N3O6. The lowest BCUT2D eigenvalue weighted by Crippen LogP contribution is -2.42. The number of hydrogen-bond acceptors (Lipinski definition) is 6. The van der Waals surface area contributed by atoms with E-state index >= 15 is 0 Å². The molecule has 3 heterocycles. The molecule has 3 aliphatic rings. The lowest BCUT2D eigenvalue weighted by atomic mass is 9.91. The molecule has 1 aromatic heterocycles. The maximum absolute atomic E-state index is 12.2. The van der Waals surface area contributed by atoms with Crippen molar-refractivity contribution in [1.29, 1.82) is 0 Å². The third-order valence-electron chi connectivity index (χ3n) is 5.83. The van der Waals surface area contributed by atoms with Crippen LogP contribution in [0.1, 0.15) is 31.2 Å². The zero-order valence-corrected chi connectivity index (χ0v) is 19.5. The first-order chi connectivity index (χ1) is 17.2. The first-order valence-electron chi connectivity index (χ1n) is 11.3. The van der Waals surface area contributed by atoms with Crippen LogP contribution in [0.5, 0.6) is 0 Å². The molecule has 37 heavy (non-hydrogen) atoms. The predicted octanol–water partition coefficient (Wildman–Crippen LogP) is 2.85. The van der Waals surface area contributed by atoms with Crippen LogP contribution in [-0.4, -0.2) is 82.1 Å². The Kier molecular flexibility index (Phi) is 10.7. The molecule has 9 nitrogen and oxygen atoms in total. The number of halogens is 6. The summed E-state index contributed by atoms with van der Waals surface area (Å²) in [6.45, 7) is 3.79. The summed E-state index contributed by atoms with van der Waals surface area (Å²) in [5.74, 6) is -4.15. The van der Waals surface area contributed by atoms with Crippen LogP contribution in [0.2, 0.25) is 0 Å². The molecular weight excluding hydrogens is 516 g/mol. The highest BCUT2D eigenvalue weighted by Gasteiger charge is 2.42. The molecule has 0 radical (unpaired) electrons. The standard InChI is InChI=1S/C18H25N3O2.2C2HF3O2/c22-18(20-10-13-1-2-13)16-9-15-5-8-21(12-17(15)23-16)11-14-3-6-19-7-4-14;2*3-2(4,5)1(6)7/h3-4,6-7,13,15-17H,1-2,5,8-12H2,(H,20,22);2*(H,6,7)/t15-,16+,17-;;/m0../s1. The summed E-state index contributed by atoms with van der Waals surface area (Å²) in [6, 6.07) is 4.13. The average Bonchev–Trinajstić information content (AvgIpc) is 3.54. The molecule has 15 heteroatoms. The number of nitrogens with zero attached hydrogens (tertiary/aromatic N) is 2. The molecule has 0 unspecified atom stereocenters. The monoisotopic (exact) mass is 543 g/mol. The number of pyridine rings is 1. The highest BCUT2D eigenvalue weighted by molar-refractivity contribution is 5.81. The second kappa shape index (κ2) is 13.0. The number of amides is 1. The topological polar surface area (TPSA) is 129 Å². The number of carbonyl (C=O) groups excluding carboxylic acids is 1. The first-order valence-corrected chi connectivity index (χ1v) is 11.3. The Labute approximate surface area is 207 Å². The number of rotatable bonds is 5. The number of nitrogens with one attached hydrogen (secondary N) is 1. The summed E-state index contributed by atoms with van der Waals surface area (Å²) >= 11 is 0. The minimum Gasteiger partial charge on any atom is -0.475 e. The number of aliphatic carboxylic acids is 2. The number of hydrogen-bond donors (Lipinski definition) is 3. The SMILES string of the molecule is O=C(NCC1CC1)[C@H]1C[C@@H]2CCN(Cc3ccncc3)C[C@@H]2O1.O=C(O)C(F)(F)F.O=C(O)C(F)(F)F. The molecule has 3 atom stereocenters. The minimum absolute atomic E-state index is 0.104. The number of ether oxygens (including phenoxy) is 1. The van der Waals surface area contributed by atoms with Gasteiger partial charge in [0.2, 0.25) is 5.91 Å². The fourth-order valence-electron chi connectivity index (χ4n) is 3.73. The van der Waals surface area contributed by atoms with Crippen molar-refractivity contribution >= 4 is 17.8 Å². The molecule has 1 aliphatic carbocycles. The maximum Gasteiger partial charge on any atom is 0.490 e. The fraction of sp³-hybridized carbons (Fsp3) is 0.636. The van der Waals surface area contributed by atoms with Crippen LogP contribution < -0.4 is 5.32 Å². The van der Waals surface area contributed by atoms with E-state index in [4.69, 9.17) is 24.5 Å². The molecule has 4 rings (SSSR count). The van der Waals surface area contributed by atoms with E-state index in [-0.39, 0.29) is 18.1 Å². The largest absolute Gasteiger partial charge is 0.490 e. The van der Waals surface area contributed by atoms with Gasteiger partial charge in [-0.2, -0.15) is 26.3 Å². The van der Waals surface area contributed by atoms with Gasteiger partial charge in [-0.25, -0.2) is 9.59 Å². The Morgan fingerprint density at radius 2 is 1.54 bits per heavy atom. The van der Waals surface area contributed by atoms with Gasteiger partial charge in [-0.1, -0.05) is 0 Å². The average molecular weight is 543 g/mol. The second-order valence-electron chi connectivity index (χ2n) is 8.83. The molecule has 2 aliphatic heterocycles. The van der Waals surface area contributed by atoms with E-state index in [0.717, 1.165) is 44.9 Å². The van der Waals surface area contributed by atoms with Gasteiger partial charge in [0.05, 0.1) is 6.10 Å². The molecule has 0 bridgehead atoms. The van der Waals surface area contributed by atoms with Crippen molar-refractivity contribution < 1.29 is 55.7 Å². The lowest BCUT2D eigenvalue weighted by molar-refractivity contribution is -0.193. The van der Waals surface area contributed by atoms with Crippen LogP contribution in [0.15, 0.2) is 24.5 Å². The molecule has 208 valence electrons. The fourth-order valence-corrected chi connectivity index (χ4v) is 3.73. The minimum atomic E-state index is -5.08. The van der Waals surface area contributed by atoms with Crippen molar-refractivity contribution in [2.45, 2.75) is 56.8 Å². The van der Waals surface area contributed by atoms with E-state index < -0.39 is 24.3 Å². The molecule has 1 amide bonds. The normalized spacial score (nSPS) is 23.5. The zero-order chi connectivity index (χ0) is 27.8. The zero-order valence-electron chi connectivity index (χ0n) is 19.5. The van der Waals surface area contributed by atoms with E-state index in [0.29, 0.717) is 5.92 Å². The third kappa shape index (κ3) is 10.9. The van der Waals surface area contributed by atoms with Crippen LogP contribution in [0.25, 0.3) is 0 Å². The Morgan fingerprint density at radius 3 is 2.03 bits per heavy atom. The molecule has 2 saturated heterocycles. The molecule has 3 fully saturated rings. The predicted molar refractivity (Wildman–Crippen MR) is 114 cm³/mol. The van der Waals surface area contributed by atoms with Crippen molar-refractivity contribution in [3.05, 3.63) is 30.1 Å². The highest BCUT2D eigenvalue weighted by atomic mass is 19.4. The molecule has 3 N–H and O–H groups in total. The number of carbonyl (C=O) groups is 3. The summed E-state index contributed by atoms with van der Waals surface area (Å²) in [7, 11) is 0. The van der Waals surface area contributed by atoms with Gasteiger partial charge in [0, 0.05) is 32.0 Å². The number of likely N-dealkylation sites (tertiary alicyclic amines) is 1. The van der Waals surface area contributed by atoms with E-state index in [1.165, 1.54) is 18.4 Å². The van der Waals surface area contributed by atoms with E-state index in [9.17, 15) is 31.1 Å². The number of carboxylic acids is 2. The van der Waals surface area contributed by atoms with Gasteiger partial charge in [0.25, 0.3) is 0 Å². The summed E-state index contributed by atoms with van der Waals surface area (Å²) < 4.78 is 69.6. The number of alkyl halides is 6. The van der Waals surface area contributed by atoms with E-state index in [1.54, 1.807) is 0 Å². The van der Waals surface area contributed by atoms with Crippen LogP contribution in [0, 0.1) is 11.8 Å².